The van der Waals surface area contributed by atoms with Crippen LogP contribution in [0.5, 0.6) is 0 Å². The van der Waals surface area contributed by atoms with Gasteiger partial charge in [-0.1, -0.05) is 75.4 Å². The largest absolute Gasteiger partial charge is 0.352 e. The summed E-state index contributed by atoms with van der Waals surface area (Å²) in [6.45, 7) is 11.4. The van der Waals surface area contributed by atoms with Gasteiger partial charge in [0, 0.05) is 12.6 Å². The Bertz CT molecular complexity index is 1390. The number of aryl methyl sites for hydroxylation is 1. The molecule has 0 saturated heterocycles. The van der Waals surface area contributed by atoms with Crippen molar-refractivity contribution in [2.24, 2.45) is 0 Å². The molecule has 0 unspecified atom stereocenters. The zero-order valence-electron chi connectivity index (χ0n) is 24.3. The van der Waals surface area contributed by atoms with Crippen molar-refractivity contribution in [2.75, 3.05) is 10.8 Å². The van der Waals surface area contributed by atoms with E-state index < -0.39 is 28.5 Å². The number of benzene rings is 3. The van der Waals surface area contributed by atoms with E-state index >= 15 is 0 Å². The lowest BCUT2D eigenvalue weighted by molar-refractivity contribution is -0.139. The number of nitrogens with zero attached hydrogens (tertiary/aromatic N) is 2. The SMILES string of the molecule is CC[C@H](C)NC(=O)[C@H](C)N(Cc1ccccc1C)C(=O)CN(c1ccc(C(C)C)cc1)S(=O)(=O)c1ccccc1. The van der Waals surface area contributed by atoms with Crippen molar-refractivity contribution in [1.82, 2.24) is 10.2 Å². The molecule has 7 nitrogen and oxygen atoms in total. The van der Waals surface area contributed by atoms with Crippen molar-refractivity contribution in [2.45, 2.75) is 77.4 Å². The third kappa shape index (κ3) is 7.50. The second kappa shape index (κ2) is 13.6. The van der Waals surface area contributed by atoms with Crippen LogP contribution >= 0.6 is 0 Å². The van der Waals surface area contributed by atoms with Gasteiger partial charge in [0.25, 0.3) is 10.0 Å². The summed E-state index contributed by atoms with van der Waals surface area (Å²) in [5.74, 6) is -0.484. The van der Waals surface area contributed by atoms with E-state index in [2.05, 4.69) is 19.2 Å². The third-order valence-corrected chi connectivity index (χ3v) is 9.02. The van der Waals surface area contributed by atoms with E-state index in [4.69, 9.17) is 0 Å². The maximum atomic E-state index is 14.0. The Morgan fingerprint density at radius 3 is 2.02 bits per heavy atom. The number of anilines is 1. The summed E-state index contributed by atoms with van der Waals surface area (Å²) in [5.41, 5.74) is 3.31. The van der Waals surface area contributed by atoms with Gasteiger partial charge < -0.3 is 10.2 Å². The zero-order chi connectivity index (χ0) is 29.4. The molecule has 0 spiro atoms. The minimum Gasteiger partial charge on any atom is -0.352 e. The molecule has 8 heteroatoms. The fourth-order valence-corrected chi connectivity index (χ4v) is 5.73. The first-order chi connectivity index (χ1) is 18.9. The highest BCUT2D eigenvalue weighted by molar-refractivity contribution is 7.92. The summed E-state index contributed by atoms with van der Waals surface area (Å²) < 4.78 is 28.9. The molecule has 0 aliphatic rings. The number of carbonyl (C=O) groups excluding carboxylic acids is 2. The molecule has 214 valence electrons. The summed E-state index contributed by atoms with van der Waals surface area (Å²) in [4.78, 5) is 28.8. The quantitative estimate of drug-likeness (QED) is 0.309. The first-order valence-electron chi connectivity index (χ1n) is 13.8. The van der Waals surface area contributed by atoms with Gasteiger partial charge in [0.2, 0.25) is 11.8 Å². The van der Waals surface area contributed by atoms with Crippen molar-refractivity contribution in [3.63, 3.8) is 0 Å². The first kappa shape index (κ1) is 30.9. The van der Waals surface area contributed by atoms with Gasteiger partial charge in [-0.2, -0.15) is 0 Å². The molecule has 0 saturated carbocycles. The van der Waals surface area contributed by atoms with Gasteiger partial charge in [0.1, 0.15) is 12.6 Å². The van der Waals surface area contributed by atoms with Crippen molar-refractivity contribution in [3.8, 4) is 0 Å². The van der Waals surface area contributed by atoms with Crippen LogP contribution in [0, 0.1) is 6.92 Å². The van der Waals surface area contributed by atoms with Crippen molar-refractivity contribution in [3.05, 3.63) is 95.6 Å². The van der Waals surface area contributed by atoms with E-state index in [1.54, 1.807) is 37.3 Å². The van der Waals surface area contributed by atoms with E-state index in [1.165, 1.54) is 17.0 Å². The highest BCUT2D eigenvalue weighted by Gasteiger charge is 2.33. The fraction of sp³-hybridized carbons (Fsp3) is 0.375. The molecule has 0 aliphatic heterocycles. The Balaban J connectivity index is 2.04. The van der Waals surface area contributed by atoms with Gasteiger partial charge in [-0.15, -0.1) is 0 Å². The van der Waals surface area contributed by atoms with Crippen LogP contribution in [0.4, 0.5) is 5.69 Å². The van der Waals surface area contributed by atoms with Gasteiger partial charge in [0.05, 0.1) is 10.6 Å². The van der Waals surface area contributed by atoms with Crippen LogP contribution < -0.4 is 9.62 Å². The predicted octanol–water partition coefficient (Wildman–Crippen LogP) is 5.65. The van der Waals surface area contributed by atoms with Crippen molar-refractivity contribution < 1.29 is 18.0 Å². The minimum absolute atomic E-state index is 0.0557. The molecular weight excluding hydrogens is 522 g/mol. The average molecular weight is 564 g/mol. The molecule has 2 amide bonds. The Kier molecular flexibility index (Phi) is 10.5. The number of hydrogen-bond donors (Lipinski definition) is 1. The van der Waals surface area contributed by atoms with Crippen LogP contribution in [0.25, 0.3) is 0 Å². The Morgan fingerprint density at radius 2 is 1.45 bits per heavy atom. The van der Waals surface area contributed by atoms with Crippen molar-refractivity contribution >= 4 is 27.5 Å². The van der Waals surface area contributed by atoms with Crippen LogP contribution in [0.2, 0.25) is 0 Å². The molecule has 2 atom stereocenters. The molecule has 0 bridgehead atoms. The topological polar surface area (TPSA) is 86.8 Å². The van der Waals surface area contributed by atoms with Crippen LogP contribution in [-0.2, 0) is 26.2 Å². The van der Waals surface area contributed by atoms with Gasteiger partial charge in [-0.3, -0.25) is 13.9 Å². The number of nitrogens with one attached hydrogen (secondary N) is 1. The molecule has 0 heterocycles. The van der Waals surface area contributed by atoms with E-state index in [1.807, 2.05) is 57.2 Å². The lowest BCUT2D eigenvalue weighted by Crippen LogP contribution is -2.52. The standard InChI is InChI=1S/C32H41N3O4S/c1-7-25(5)33-32(37)26(6)34(21-28-14-12-11-13-24(28)4)31(36)22-35(29-19-17-27(18-20-29)23(2)3)40(38,39)30-15-9-8-10-16-30/h8-20,23,25-26H,7,21-22H2,1-6H3,(H,33,37)/t25-,26-/m0/s1. The summed E-state index contributed by atoms with van der Waals surface area (Å²) in [6, 6.07) is 22.1. The first-order valence-corrected chi connectivity index (χ1v) is 15.2. The highest BCUT2D eigenvalue weighted by Crippen LogP contribution is 2.26. The Labute approximate surface area is 239 Å². The third-order valence-electron chi connectivity index (χ3n) is 7.23. The molecule has 0 radical (unpaired) electrons. The lowest BCUT2D eigenvalue weighted by atomic mass is 10.0. The molecule has 1 N–H and O–H groups in total. The maximum Gasteiger partial charge on any atom is 0.264 e. The summed E-state index contributed by atoms with van der Waals surface area (Å²) in [6.07, 6.45) is 0.750. The summed E-state index contributed by atoms with van der Waals surface area (Å²) in [5, 5.41) is 2.96. The van der Waals surface area contributed by atoms with Crippen LogP contribution in [-0.4, -0.2) is 43.8 Å². The molecule has 0 aliphatic carbocycles. The Hall–Kier alpha value is -3.65. The molecular formula is C32H41N3O4S. The number of carbonyl (C=O) groups is 2. The number of hydrogen-bond acceptors (Lipinski definition) is 4. The van der Waals surface area contributed by atoms with Gasteiger partial charge >= 0.3 is 0 Å². The molecule has 0 aromatic heterocycles. The summed E-state index contributed by atoms with van der Waals surface area (Å²) in [7, 11) is -4.08. The highest BCUT2D eigenvalue weighted by atomic mass is 32.2. The molecule has 3 rings (SSSR count). The van der Waals surface area contributed by atoms with E-state index in [0.29, 0.717) is 5.69 Å². The van der Waals surface area contributed by atoms with Crippen LogP contribution in [0.3, 0.4) is 0 Å². The Morgan fingerprint density at radius 1 is 0.850 bits per heavy atom. The van der Waals surface area contributed by atoms with Gasteiger partial charge in [-0.05, 0) is 74.1 Å². The number of sulfonamides is 1. The molecule has 40 heavy (non-hydrogen) atoms. The lowest BCUT2D eigenvalue weighted by Gasteiger charge is -2.33. The van der Waals surface area contributed by atoms with Gasteiger partial charge in [0.15, 0.2) is 0 Å². The van der Waals surface area contributed by atoms with E-state index in [9.17, 15) is 18.0 Å². The van der Waals surface area contributed by atoms with Crippen molar-refractivity contribution in [1.29, 1.82) is 0 Å². The second-order valence-corrected chi connectivity index (χ2v) is 12.4. The van der Waals surface area contributed by atoms with Gasteiger partial charge in [-0.25, -0.2) is 8.42 Å². The normalized spacial score (nSPS) is 13.0. The average Bonchev–Trinajstić information content (AvgIpc) is 2.95. The van der Waals surface area contributed by atoms with E-state index in [-0.39, 0.29) is 29.3 Å². The fourth-order valence-electron chi connectivity index (χ4n) is 4.29. The van der Waals surface area contributed by atoms with E-state index in [0.717, 1.165) is 27.4 Å². The summed E-state index contributed by atoms with van der Waals surface area (Å²) >= 11 is 0. The number of rotatable bonds is 12. The molecule has 0 fully saturated rings. The second-order valence-electron chi connectivity index (χ2n) is 10.5. The minimum atomic E-state index is -4.08. The van der Waals surface area contributed by atoms with Crippen LogP contribution in [0.1, 0.15) is 63.6 Å². The maximum absolute atomic E-state index is 14.0. The molecule has 3 aromatic rings. The number of amides is 2. The zero-order valence-corrected chi connectivity index (χ0v) is 25.1. The predicted molar refractivity (Wildman–Crippen MR) is 161 cm³/mol. The smallest absolute Gasteiger partial charge is 0.264 e. The monoisotopic (exact) mass is 563 g/mol. The van der Waals surface area contributed by atoms with Crippen LogP contribution in [0.15, 0.2) is 83.8 Å². The molecule has 3 aromatic carbocycles.